The number of hydrogen-bond donors (Lipinski definition) is 1. The third-order valence-corrected chi connectivity index (χ3v) is 6.42. The van der Waals surface area contributed by atoms with Gasteiger partial charge in [-0.25, -0.2) is 5.01 Å². The summed E-state index contributed by atoms with van der Waals surface area (Å²) in [7, 11) is 1.66. The Kier molecular flexibility index (Phi) is 4.95. The van der Waals surface area contributed by atoms with E-state index in [2.05, 4.69) is 37.9 Å². The van der Waals surface area contributed by atoms with Crippen LogP contribution >= 0.6 is 31.9 Å². The second-order valence-corrected chi connectivity index (χ2v) is 9.06. The van der Waals surface area contributed by atoms with Crippen LogP contribution in [0, 0.1) is 0 Å². The molecule has 2 heterocycles. The highest BCUT2D eigenvalue weighted by Crippen LogP contribution is 2.49. The van der Waals surface area contributed by atoms with Crippen molar-refractivity contribution >= 4 is 37.6 Å². The van der Waals surface area contributed by atoms with E-state index in [1.807, 2.05) is 47.5 Å². The van der Waals surface area contributed by atoms with Gasteiger partial charge in [0.2, 0.25) is 6.23 Å². The normalized spacial score (nSPS) is 19.6. The molecule has 3 aromatic carbocycles. The molecule has 0 saturated carbocycles. The highest BCUT2D eigenvalue weighted by Gasteiger charge is 2.42. The Hall–Kier alpha value is -2.51. The van der Waals surface area contributed by atoms with Crippen molar-refractivity contribution in [3.05, 3.63) is 86.3 Å². The van der Waals surface area contributed by atoms with Crippen LogP contribution in [0.4, 0.5) is 0 Å². The predicted octanol–water partition coefficient (Wildman–Crippen LogP) is 6.17. The minimum atomic E-state index is -0.531. The van der Waals surface area contributed by atoms with Gasteiger partial charge in [0.25, 0.3) is 0 Å². The summed E-state index contributed by atoms with van der Waals surface area (Å²) in [5.41, 5.74) is 3.75. The van der Waals surface area contributed by atoms with Crippen molar-refractivity contribution in [2.24, 2.45) is 5.10 Å². The van der Waals surface area contributed by atoms with Crippen LogP contribution in [-0.4, -0.2) is 22.9 Å². The van der Waals surface area contributed by atoms with Gasteiger partial charge in [-0.2, -0.15) is 5.10 Å². The topological polar surface area (TPSA) is 54.3 Å². The van der Waals surface area contributed by atoms with Gasteiger partial charge < -0.3 is 14.6 Å². The van der Waals surface area contributed by atoms with Crippen molar-refractivity contribution in [1.29, 1.82) is 0 Å². The third-order valence-electron chi connectivity index (χ3n) is 5.43. The lowest BCUT2D eigenvalue weighted by molar-refractivity contribution is -0.0204. The van der Waals surface area contributed by atoms with Crippen LogP contribution in [0.25, 0.3) is 0 Å². The van der Waals surface area contributed by atoms with E-state index in [9.17, 15) is 5.11 Å². The highest BCUT2D eigenvalue weighted by atomic mass is 79.9. The van der Waals surface area contributed by atoms with Crippen LogP contribution in [0.3, 0.4) is 0 Å². The molecule has 2 aliphatic rings. The first kappa shape index (κ1) is 19.5. The number of rotatable bonds is 3. The summed E-state index contributed by atoms with van der Waals surface area (Å²) in [6.45, 7) is 0. The maximum atomic E-state index is 10.5. The van der Waals surface area contributed by atoms with Crippen LogP contribution < -0.4 is 9.47 Å². The fraction of sp³-hybridized carbons (Fsp3) is 0.174. The average Bonchev–Trinajstić information content (AvgIpc) is 3.21. The lowest BCUT2D eigenvalue weighted by Crippen LogP contribution is -2.33. The van der Waals surface area contributed by atoms with E-state index < -0.39 is 6.23 Å². The Morgan fingerprint density at radius 2 is 1.70 bits per heavy atom. The lowest BCUT2D eigenvalue weighted by atomic mass is 9.96. The minimum absolute atomic E-state index is 0.00623. The molecule has 0 saturated heterocycles. The molecule has 0 aliphatic carbocycles. The zero-order valence-electron chi connectivity index (χ0n) is 16.0. The van der Waals surface area contributed by atoms with Crippen LogP contribution in [0.5, 0.6) is 17.2 Å². The highest BCUT2D eigenvalue weighted by molar-refractivity contribution is 9.10. The van der Waals surface area contributed by atoms with Gasteiger partial charge in [0, 0.05) is 20.9 Å². The molecule has 2 aliphatic heterocycles. The fourth-order valence-corrected chi connectivity index (χ4v) is 4.70. The summed E-state index contributed by atoms with van der Waals surface area (Å²) in [5, 5.41) is 17.4. The molecule has 3 aromatic rings. The van der Waals surface area contributed by atoms with Crippen LogP contribution in [0.1, 0.15) is 35.4 Å². The number of benzene rings is 3. The molecule has 5 nitrogen and oxygen atoms in total. The van der Waals surface area contributed by atoms with E-state index in [4.69, 9.17) is 14.6 Å². The Morgan fingerprint density at radius 1 is 1.00 bits per heavy atom. The van der Waals surface area contributed by atoms with Gasteiger partial charge in [0.15, 0.2) is 0 Å². The SMILES string of the molecule is COc1ccc(C2=NN3[C@@H](C2)c2cc(Br)ccc2O[C@H]3c2cc(Br)ccc2O)cc1. The monoisotopic (exact) mass is 528 g/mol. The molecular weight excluding hydrogens is 512 g/mol. The Morgan fingerprint density at radius 3 is 2.43 bits per heavy atom. The minimum Gasteiger partial charge on any atom is -0.507 e. The summed E-state index contributed by atoms with van der Waals surface area (Å²) in [5.74, 6) is 1.79. The van der Waals surface area contributed by atoms with Gasteiger partial charge in [0.05, 0.1) is 24.4 Å². The molecule has 0 unspecified atom stereocenters. The third kappa shape index (κ3) is 3.36. The standard InChI is InChI=1S/C23H18Br2N2O3/c1-29-16-6-2-13(3-7-16)19-12-20-17-10-15(25)5-9-22(17)30-23(27(20)26-19)18-11-14(24)4-8-21(18)28/h2-11,20,23,28H,12H2,1H3/t20-,23-/m0/s1. The van der Waals surface area contributed by atoms with Crippen LogP contribution in [-0.2, 0) is 0 Å². The van der Waals surface area contributed by atoms with Gasteiger partial charge in [-0.1, -0.05) is 31.9 Å². The maximum absolute atomic E-state index is 10.5. The van der Waals surface area contributed by atoms with Gasteiger partial charge in [-0.15, -0.1) is 0 Å². The van der Waals surface area contributed by atoms with Crippen molar-refractivity contribution in [3.8, 4) is 17.2 Å². The predicted molar refractivity (Wildman–Crippen MR) is 122 cm³/mol. The molecule has 152 valence electrons. The quantitative estimate of drug-likeness (QED) is 0.441. The number of halogens is 2. The molecule has 7 heteroatoms. The first-order valence-electron chi connectivity index (χ1n) is 9.48. The molecule has 0 aromatic heterocycles. The molecule has 2 atom stereocenters. The second kappa shape index (κ2) is 7.63. The van der Waals surface area contributed by atoms with Crippen molar-refractivity contribution in [3.63, 3.8) is 0 Å². The first-order valence-corrected chi connectivity index (χ1v) is 11.1. The second-order valence-electron chi connectivity index (χ2n) is 7.23. The maximum Gasteiger partial charge on any atom is 0.217 e. The van der Waals surface area contributed by atoms with Gasteiger partial charge in [-0.05, 0) is 66.2 Å². The molecule has 0 radical (unpaired) electrons. The number of phenolic OH excluding ortho intramolecular Hbond substituents is 1. The zero-order valence-corrected chi connectivity index (χ0v) is 19.2. The molecular formula is C23H18Br2N2O3. The molecule has 5 rings (SSSR count). The summed E-state index contributed by atoms with van der Waals surface area (Å²) >= 11 is 7.07. The van der Waals surface area contributed by atoms with Crippen molar-refractivity contribution in [2.75, 3.05) is 7.11 Å². The van der Waals surface area contributed by atoms with E-state index in [1.165, 1.54) is 0 Å². The van der Waals surface area contributed by atoms with E-state index >= 15 is 0 Å². The molecule has 0 bridgehead atoms. The van der Waals surface area contributed by atoms with E-state index in [-0.39, 0.29) is 11.8 Å². The van der Waals surface area contributed by atoms with E-state index in [1.54, 1.807) is 19.2 Å². The van der Waals surface area contributed by atoms with Gasteiger partial charge in [0.1, 0.15) is 17.2 Å². The van der Waals surface area contributed by atoms with E-state index in [0.717, 1.165) is 43.7 Å². The van der Waals surface area contributed by atoms with Crippen LogP contribution in [0.2, 0.25) is 0 Å². The van der Waals surface area contributed by atoms with Crippen LogP contribution in [0.15, 0.2) is 74.7 Å². The molecule has 30 heavy (non-hydrogen) atoms. The van der Waals surface area contributed by atoms with Crippen molar-refractivity contribution in [2.45, 2.75) is 18.7 Å². The Bertz CT molecular complexity index is 1150. The zero-order chi connectivity index (χ0) is 20.8. The molecule has 0 fully saturated rings. The number of hydrogen-bond acceptors (Lipinski definition) is 5. The smallest absolute Gasteiger partial charge is 0.217 e. The number of methoxy groups -OCH3 is 1. The Balaban J connectivity index is 1.61. The molecule has 1 N–H and O–H groups in total. The van der Waals surface area contributed by atoms with Crippen molar-refractivity contribution < 1.29 is 14.6 Å². The molecule has 0 spiro atoms. The average molecular weight is 530 g/mol. The fourth-order valence-electron chi connectivity index (χ4n) is 3.94. The van der Waals surface area contributed by atoms with Gasteiger partial charge >= 0.3 is 0 Å². The summed E-state index contributed by atoms with van der Waals surface area (Å²) in [4.78, 5) is 0. The van der Waals surface area contributed by atoms with Crippen molar-refractivity contribution in [1.82, 2.24) is 5.01 Å². The van der Waals surface area contributed by atoms with E-state index in [0.29, 0.717) is 5.56 Å². The first-order chi connectivity index (χ1) is 14.5. The largest absolute Gasteiger partial charge is 0.507 e. The number of aromatic hydroxyl groups is 1. The number of ether oxygens (including phenoxy) is 2. The number of hydrazone groups is 1. The summed E-state index contributed by atoms with van der Waals surface area (Å²) in [6.07, 6.45) is 0.210. The lowest BCUT2D eigenvalue weighted by Gasteiger charge is -2.38. The Labute approximate surface area is 191 Å². The number of fused-ring (bicyclic) bond motifs is 3. The summed E-state index contributed by atoms with van der Waals surface area (Å²) in [6, 6.07) is 19.3. The number of phenols is 1. The van der Waals surface area contributed by atoms with Gasteiger partial charge in [-0.3, -0.25) is 0 Å². The molecule has 0 amide bonds. The number of nitrogens with zero attached hydrogens (tertiary/aromatic N) is 2. The summed E-state index contributed by atoms with van der Waals surface area (Å²) < 4.78 is 13.5.